The van der Waals surface area contributed by atoms with E-state index in [0.717, 1.165) is 0 Å². The molecule has 6 N–H and O–H groups in total. The van der Waals surface area contributed by atoms with Gasteiger partial charge in [0.1, 0.15) is 52.6 Å². The molecule has 1 aliphatic rings. The van der Waals surface area contributed by atoms with Gasteiger partial charge in [0.2, 0.25) is 17.5 Å². The van der Waals surface area contributed by atoms with Crippen molar-refractivity contribution < 1.29 is 49.3 Å². The normalized spacial score (nSPS) is 25.2. The van der Waals surface area contributed by atoms with Gasteiger partial charge in [-0.25, -0.2) is 0 Å². The fraction of sp³-hybridized carbons (Fsp3) is 0.318. The Kier molecular flexibility index (Phi) is 6.15. The largest absolute Gasteiger partial charge is 0.508 e. The molecule has 11 heteroatoms. The minimum atomic E-state index is -1.78. The Morgan fingerprint density at radius 2 is 1.70 bits per heavy atom. The standard InChI is InChI=1S/C22H22O11/c1-30-11-6-12(25)15-13(7-11)31-20(9-2-4-10(24)5-3-9)21(17(15)27)33-22-19(29)18(28)16(26)14(8-23)32-22/h2-7,14,16,18-19,22-26,28-29H,8H2,1H3/t14-,16+,18-,19-,22-/m1/s1. The first-order valence-electron chi connectivity index (χ1n) is 9.89. The first kappa shape index (κ1) is 22.8. The minimum Gasteiger partial charge on any atom is -0.508 e. The van der Waals surface area contributed by atoms with Gasteiger partial charge in [0.15, 0.2) is 5.76 Å². The molecule has 3 aromatic rings. The lowest BCUT2D eigenvalue weighted by Crippen LogP contribution is -2.60. The molecule has 5 atom stereocenters. The van der Waals surface area contributed by atoms with E-state index in [1.807, 2.05) is 0 Å². The Hall–Kier alpha value is -3.35. The first-order valence-corrected chi connectivity index (χ1v) is 9.89. The van der Waals surface area contributed by atoms with Crippen molar-refractivity contribution in [3.05, 3.63) is 46.6 Å². The van der Waals surface area contributed by atoms with Gasteiger partial charge in [-0.3, -0.25) is 4.79 Å². The molecule has 11 nitrogen and oxygen atoms in total. The summed E-state index contributed by atoms with van der Waals surface area (Å²) in [6.07, 6.45) is -8.07. The van der Waals surface area contributed by atoms with Crippen molar-refractivity contribution in [1.29, 1.82) is 0 Å². The van der Waals surface area contributed by atoms with Gasteiger partial charge in [0, 0.05) is 17.7 Å². The van der Waals surface area contributed by atoms with Gasteiger partial charge >= 0.3 is 0 Å². The number of fused-ring (bicyclic) bond motifs is 1. The van der Waals surface area contributed by atoms with Crippen LogP contribution in [0.5, 0.6) is 23.0 Å². The number of rotatable bonds is 5. The van der Waals surface area contributed by atoms with Crippen LogP contribution in [0, 0.1) is 0 Å². The number of benzene rings is 2. The van der Waals surface area contributed by atoms with Crippen LogP contribution >= 0.6 is 0 Å². The van der Waals surface area contributed by atoms with E-state index in [0.29, 0.717) is 5.56 Å². The summed E-state index contributed by atoms with van der Waals surface area (Å²) in [5.74, 6) is -0.871. The highest BCUT2D eigenvalue weighted by Gasteiger charge is 2.45. The number of aliphatic hydroxyl groups is 4. The maximum Gasteiger partial charge on any atom is 0.239 e. The van der Waals surface area contributed by atoms with Crippen LogP contribution in [-0.2, 0) is 4.74 Å². The van der Waals surface area contributed by atoms with Crippen molar-refractivity contribution in [1.82, 2.24) is 0 Å². The fourth-order valence-electron chi connectivity index (χ4n) is 3.57. The van der Waals surface area contributed by atoms with E-state index < -0.39 is 54.2 Å². The second-order valence-electron chi connectivity index (χ2n) is 7.47. The van der Waals surface area contributed by atoms with Crippen LogP contribution in [0.25, 0.3) is 22.3 Å². The summed E-state index contributed by atoms with van der Waals surface area (Å²) < 4.78 is 21.9. The Balaban J connectivity index is 1.89. The van der Waals surface area contributed by atoms with Gasteiger partial charge in [-0.2, -0.15) is 0 Å². The maximum atomic E-state index is 13.4. The summed E-state index contributed by atoms with van der Waals surface area (Å²) in [6, 6.07) is 8.18. The molecule has 1 fully saturated rings. The van der Waals surface area contributed by atoms with Gasteiger partial charge < -0.3 is 49.3 Å². The average molecular weight is 462 g/mol. The topological polar surface area (TPSA) is 179 Å². The summed E-state index contributed by atoms with van der Waals surface area (Å²) >= 11 is 0. The third-order valence-electron chi connectivity index (χ3n) is 5.35. The van der Waals surface area contributed by atoms with Crippen LogP contribution in [0.3, 0.4) is 0 Å². The van der Waals surface area contributed by atoms with Crippen molar-refractivity contribution in [3.8, 4) is 34.3 Å². The van der Waals surface area contributed by atoms with Gasteiger partial charge in [-0.05, 0) is 24.3 Å². The van der Waals surface area contributed by atoms with Crippen molar-refractivity contribution in [2.75, 3.05) is 13.7 Å². The van der Waals surface area contributed by atoms with Gasteiger partial charge in [-0.15, -0.1) is 0 Å². The van der Waals surface area contributed by atoms with E-state index in [2.05, 4.69) is 0 Å². The lowest BCUT2D eigenvalue weighted by Gasteiger charge is -2.39. The van der Waals surface area contributed by atoms with Crippen molar-refractivity contribution in [3.63, 3.8) is 0 Å². The molecule has 0 amide bonds. The molecule has 33 heavy (non-hydrogen) atoms. The number of hydrogen-bond acceptors (Lipinski definition) is 11. The summed E-state index contributed by atoms with van der Waals surface area (Å²) in [7, 11) is 1.37. The zero-order chi connectivity index (χ0) is 23.9. The summed E-state index contributed by atoms with van der Waals surface area (Å²) in [6.45, 7) is -0.692. The third-order valence-corrected chi connectivity index (χ3v) is 5.35. The molecular formula is C22H22O11. The van der Waals surface area contributed by atoms with Crippen LogP contribution in [-0.4, -0.2) is 75.1 Å². The highest BCUT2D eigenvalue weighted by molar-refractivity contribution is 5.88. The van der Waals surface area contributed by atoms with E-state index in [1.54, 1.807) is 0 Å². The Morgan fingerprint density at radius 3 is 2.33 bits per heavy atom. The number of aromatic hydroxyl groups is 2. The minimum absolute atomic E-state index is 0.0268. The first-order chi connectivity index (χ1) is 15.7. The lowest BCUT2D eigenvalue weighted by molar-refractivity contribution is -0.277. The number of phenolic OH excluding ortho intramolecular Hbond substituents is 2. The molecule has 1 aromatic heterocycles. The molecule has 0 radical (unpaired) electrons. The Labute approximate surface area is 186 Å². The molecule has 0 bridgehead atoms. The highest BCUT2D eigenvalue weighted by Crippen LogP contribution is 2.37. The summed E-state index contributed by atoms with van der Waals surface area (Å²) in [5, 5.41) is 59.5. The van der Waals surface area contributed by atoms with E-state index in [4.69, 9.17) is 18.6 Å². The SMILES string of the molecule is COc1cc(O)c2c(=O)c(O[C@H]3O[C@H](CO)[C@H](O)[C@@H](O)[C@H]3O)c(-c3ccc(O)cc3)oc2c1. The number of hydrogen-bond donors (Lipinski definition) is 6. The highest BCUT2D eigenvalue weighted by atomic mass is 16.7. The number of aliphatic hydroxyl groups excluding tert-OH is 4. The van der Waals surface area contributed by atoms with E-state index >= 15 is 0 Å². The number of ether oxygens (including phenoxy) is 3. The smallest absolute Gasteiger partial charge is 0.239 e. The predicted octanol–water partition coefficient (Wildman–Crippen LogP) is 0.0585. The molecule has 176 valence electrons. The molecule has 0 aliphatic carbocycles. The Bertz CT molecular complexity index is 1200. The zero-order valence-corrected chi connectivity index (χ0v) is 17.3. The summed E-state index contributed by atoms with van der Waals surface area (Å²) in [4.78, 5) is 13.4. The number of phenols is 2. The number of methoxy groups -OCH3 is 1. The monoisotopic (exact) mass is 462 g/mol. The molecule has 2 heterocycles. The fourth-order valence-corrected chi connectivity index (χ4v) is 3.57. The van der Waals surface area contributed by atoms with Gasteiger partial charge in [-0.1, -0.05) is 0 Å². The van der Waals surface area contributed by atoms with Crippen molar-refractivity contribution in [2.45, 2.75) is 30.7 Å². The molecule has 4 rings (SSSR count). The van der Waals surface area contributed by atoms with Crippen molar-refractivity contribution in [2.24, 2.45) is 0 Å². The second kappa shape index (κ2) is 8.89. The third kappa shape index (κ3) is 4.08. The van der Waals surface area contributed by atoms with Gasteiger partial charge in [0.05, 0.1) is 13.7 Å². The molecule has 2 aromatic carbocycles. The summed E-state index contributed by atoms with van der Waals surface area (Å²) in [5.41, 5.74) is -0.550. The molecular weight excluding hydrogens is 440 g/mol. The molecule has 1 saturated heterocycles. The second-order valence-corrected chi connectivity index (χ2v) is 7.47. The predicted molar refractivity (Wildman–Crippen MR) is 112 cm³/mol. The molecule has 0 unspecified atom stereocenters. The quantitative estimate of drug-likeness (QED) is 0.302. The Morgan fingerprint density at radius 1 is 1.00 bits per heavy atom. The molecule has 1 aliphatic heterocycles. The van der Waals surface area contributed by atoms with Crippen LogP contribution in [0.2, 0.25) is 0 Å². The maximum absolute atomic E-state index is 13.4. The van der Waals surface area contributed by atoms with E-state index in [9.17, 15) is 35.4 Å². The lowest BCUT2D eigenvalue weighted by atomic mass is 9.99. The zero-order valence-electron chi connectivity index (χ0n) is 17.3. The van der Waals surface area contributed by atoms with E-state index in [1.165, 1.54) is 43.5 Å². The van der Waals surface area contributed by atoms with Crippen LogP contribution in [0.1, 0.15) is 0 Å². The van der Waals surface area contributed by atoms with Crippen LogP contribution in [0.4, 0.5) is 0 Å². The molecule has 0 saturated carbocycles. The molecule has 0 spiro atoms. The van der Waals surface area contributed by atoms with E-state index in [-0.39, 0.29) is 28.2 Å². The average Bonchev–Trinajstić information content (AvgIpc) is 2.80. The van der Waals surface area contributed by atoms with Crippen molar-refractivity contribution >= 4 is 11.0 Å². The van der Waals surface area contributed by atoms with Crippen LogP contribution < -0.4 is 14.9 Å². The van der Waals surface area contributed by atoms with Gasteiger partial charge in [0.25, 0.3) is 0 Å². The van der Waals surface area contributed by atoms with Crippen LogP contribution in [0.15, 0.2) is 45.6 Å².